The number of nitrogens with zero attached hydrogens (tertiary/aromatic N) is 2. The van der Waals surface area contributed by atoms with Gasteiger partial charge in [0.05, 0.1) is 5.88 Å². The Balaban J connectivity index is 2.96. The molecule has 1 heterocycles. The van der Waals surface area contributed by atoms with Gasteiger partial charge in [-0.25, -0.2) is 0 Å². The number of pyridine rings is 1. The molecule has 0 saturated carbocycles. The number of aromatic nitrogens is 1. The molecule has 96 valence electrons. The first-order valence-electron chi connectivity index (χ1n) is 5.28. The minimum absolute atomic E-state index is 0.154. The Morgan fingerprint density at radius 2 is 2.12 bits per heavy atom. The van der Waals surface area contributed by atoms with Gasteiger partial charge in [0.2, 0.25) is 0 Å². The molecule has 0 fully saturated rings. The molecule has 2 nitrogen and oxygen atoms in total. The molecule has 0 atom stereocenters. The summed E-state index contributed by atoms with van der Waals surface area (Å²) in [5.74, 6) is 0.154. The van der Waals surface area contributed by atoms with Crippen LogP contribution in [0.5, 0.6) is 0 Å². The van der Waals surface area contributed by atoms with Gasteiger partial charge >= 0.3 is 6.18 Å². The average molecular weight is 267 g/mol. The van der Waals surface area contributed by atoms with Crippen LogP contribution in [0.15, 0.2) is 18.5 Å². The highest BCUT2D eigenvalue weighted by Crippen LogP contribution is 2.25. The molecule has 0 spiro atoms. The second kappa shape index (κ2) is 6.10. The summed E-state index contributed by atoms with van der Waals surface area (Å²) in [6.07, 6.45) is -0.603. The fourth-order valence-corrected chi connectivity index (χ4v) is 1.81. The molecule has 17 heavy (non-hydrogen) atoms. The maximum absolute atomic E-state index is 12.5. The van der Waals surface area contributed by atoms with E-state index in [9.17, 15) is 13.2 Å². The van der Waals surface area contributed by atoms with Crippen LogP contribution in [-0.4, -0.2) is 24.2 Å². The predicted molar refractivity (Wildman–Crippen MR) is 62.4 cm³/mol. The van der Waals surface area contributed by atoms with Crippen molar-refractivity contribution in [1.82, 2.24) is 4.98 Å². The van der Waals surface area contributed by atoms with Gasteiger partial charge in [0, 0.05) is 30.2 Å². The zero-order valence-electron chi connectivity index (χ0n) is 9.47. The van der Waals surface area contributed by atoms with Crippen molar-refractivity contribution in [2.24, 2.45) is 0 Å². The van der Waals surface area contributed by atoms with Crippen molar-refractivity contribution < 1.29 is 13.2 Å². The lowest BCUT2D eigenvalue weighted by atomic mass is 10.2. The summed E-state index contributed by atoms with van der Waals surface area (Å²) in [7, 11) is 0. The van der Waals surface area contributed by atoms with Gasteiger partial charge in [-0.2, -0.15) is 13.2 Å². The first-order valence-corrected chi connectivity index (χ1v) is 5.82. The SMILES string of the molecule is CCCN(CC(F)(F)F)c1ccncc1CCl. The van der Waals surface area contributed by atoms with Crippen molar-refractivity contribution >= 4 is 17.3 Å². The molecule has 0 aliphatic carbocycles. The van der Waals surface area contributed by atoms with Crippen molar-refractivity contribution in [1.29, 1.82) is 0 Å². The zero-order valence-corrected chi connectivity index (χ0v) is 10.2. The van der Waals surface area contributed by atoms with Gasteiger partial charge in [-0.3, -0.25) is 4.98 Å². The molecular formula is C11H14ClF3N2. The second-order valence-corrected chi connectivity index (χ2v) is 3.94. The van der Waals surface area contributed by atoms with E-state index < -0.39 is 12.7 Å². The van der Waals surface area contributed by atoms with Gasteiger partial charge in [-0.15, -0.1) is 11.6 Å². The molecule has 0 aliphatic rings. The Morgan fingerprint density at radius 1 is 1.41 bits per heavy atom. The summed E-state index contributed by atoms with van der Waals surface area (Å²) in [5.41, 5.74) is 1.13. The highest BCUT2D eigenvalue weighted by molar-refractivity contribution is 6.17. The van der Waals surface area contributed by atoms with E-state index in [1.54, 1.807) is 6.07 Å². The van der Waals surface area contributed by atoms with E-state index in [4.69, 9.17) is 11.6 Å². The largest absolute Gasteiger partial charge is 0.405 e. The van der Waals surface area contributed by atoms with Crippen LogP contribution in [-0.2, 0) is 5.88 Å². The molecule has 0 amide bonds. The maximum Gasteiger partial charge on any atom is 0.405 e. The summed E-state index contributed by atoms with van der Waals surface area (Å²) in [4.78, 5) is 5.15. The summed E-state index contributed by atoms with van der Waals surface area (Å²) >= 11 is 5.70. The maximum atomic E-state index is 12.5. The summed E-state index contributed by atoms with van der Waals surface area (Å²) < 4.78 is 37.4. The molecule has 0 N–H and O–H groups in total. The van der Waals surface area contributed by atoms with E-state index >= 15 is 0 Å². The molecule has 0 unspecified atom stereocenters. The Hall–Kier alpha value is -0.970. The number of anilines is 1. The van der Waals surface area contributed by atoms with Crippen molar-refractivity contribution in [2.75, 3.05) is 18.0 Å². The van der Waals surface area contributed by atoms with Crippen LogP contribution in [0, 0.1) is 0 Å². The van der Waals surface area contributed by atoms with Crippen molar-refractivity contribution in [3.8, 4) is 0 Å². The summed E-state index contributed by atoms with van der Waals surface area (Å²) in [6.45, 7) is 1.22. The van der Waals surface area contributed by atoms with Crippen LogP contribution in [0.4, 0.5) is 18.9 Å². The smallest absolute Gasteiger partial charge is 0.362 e. The average Bonchev–Trinajstić information content (AvgIpc) is 2.27. The van der Waals surface area contributed by atoms with Gasteiger partial charge in [0.1, 0.15) is 6.54 Å². The van der Waals surface area contributed by atoms with E-state index in [1.807, 2.05) is 6.92 Å². The molecule has 0 saturated heterocycles. The lowest BCUT2D eigenvalue weighted by Gasteiger charge is -2.27. The lowest BCUT2D eigenvalue weighted by molar-refractivity contribution is -0.119. The number of hydrogen-bond donors (Lipinski definition) is 0. The minimum Gasteiger partial charge on any atom is -0.362 e. The normalized spacial score (nSPS) is 11.6. The molecule has 6 heteroatoms. The van der Waals surface area contributed by atoms with Crippen molar-refractivity contribution in [2.45, 2.75) is 25.4 Å². The molecule has 0 radical (unpaired) electrons. The molecule has 1 aromatic heterocycles. The molecule has 0 aromatic carbocycles. The Bertz CT molecular complexity index is 355. The fraction of sp³-hybridized carbons (Fsp3) is 0.545. The fourth-order valence-electron chi connectivity index (χ4n) is 1.60. The molecule has 1 aromatic rings. The van der Waals surface area contributed by atoms with Gasteiger partial charge in [0.25, 0.3) is 0 Å². The standard InChI is InChI=1S/C11H14ClF3N2/c1-2-5-17(8-11(13,14)15)10-3-4-16-7-9(10)6-12/h3-4,7H,2,5-6,8H2,1H3. The minimum atomic E-state index is -4.22. The highest BCUT2D eigenvalue weighted by atomic mass is 35.5. The van der Waals surface area contributed by atoms with Gasteiger partial charge in [-0.1, -0.05) is 6.92 Å². The lowest BCUT2D eigenvalue weighted by Crippen LogP contribution is -2.35. The van der Waals surface area contributed by atoms with E-state index in [0.717, 1.165) is 0 Å². The van der Waals surface area contributed by atoms with E-state index in [-0.39, 0.29) is 5.88 Å². The third-order valence-corrected chi connectivity index (χ3v) is 2.51. The highest BCUT2D eigenvalue weighted by Gasteiger charge is 2.31. The summed E-state index contributed by atoms with van der Waals surface area (Å²) in [6, 6.07) is 1.57. The molecule has 0 aliphatic heterocycles. The molecule has 0 bridgehead atoms. The molecule has 1 rings (SSSR count). The monoisotopic (exact) mass is 266 g/mol. The Morgan fingerprint density at radius 3 is 2.65 bits per heavy atom. The van der Waals surface area contributed by atoms with Crippen molar-refractivity contribution in [3.05, 3.63) is 24.0 Å². The quantitative estimate of drug-likeness (QED) is 0.757. The van der Waals surface area contributed by atoms with Crippen LogP contribution < -0.4 is 4.90 Å². The van der Waals surface area contributed by atoms with Gasteiger partial charge < -0.3 is 4.90 Å². The number of alkyl halides is 4. The predicted octanol–water partition coefficient (Wildman–Crippen LogP) is 3.60. The third-order valence-electron chi connectivity index (χ3n) is 2.23. The first kappa shape index (κ1) is 14.1. The van der Waals surface area contributed by atoms with Crippen LogP contribution in [0.1, 0.15) is 18.9 Å². The number of hydrogen-bond acceptors (Lipinski definition) is 2. The topological polar surface area (TPSA) is 16.1 Å². The van der Waals surface area contributed by atoms with E-state index in [2.05, 4.69) is 4.98 Å². The third kappa shape index (κ3) is 4.42. The van der Waals surface area contributed by atoms with Crippen LogP contribution in [0.2, 0.25) is 0 Å². The van der Waals surface area contributed by atoms with Crippen molar-refractivity contribution in [3.63, 3.8) is 0 Å². The van der Waals surface area contributed by atoms with E-state index in [0.29, 0.717) is 24.2 Å². The number of halogens is 4. The Labute approximate surface area is 103 Å². The van der Waals surface area contributed by atoms with Crippen LogP contribution in [0.25, 0.3) is 0 Å². The second-order valence-electron chi connectivity index (χ2n) is 3.67. The molecular weight excluding hydrogens is 253 g/mol. The van der Waals surface area contributed by atoms with Crippen LogP contribution in [0.3, 0.4) is 0 Å². The number of rotatable bonds is 5. The van der Waals surface area contributed by atoms with Gasteiger partial charge in [-0.05, 0) is 12.5 Å². The van der Waals surface area contributed by atoms with E-state index in [1.165, 1.54) is 17.3 Å². The zero-order chi connectivity index (χ0) is 12.9. The summed E-state index contributed by atoms with van der Waals surface area (Å²) in [5, 5.41) is 0. The first-order chi connectivity index (χ1) is 7.98. The van der Waals surface area contributed by atoms with Gasteiger partial charge in [0.15, 0.2) is 0 Å². The Kier molecular flexibility index (Phi) is 5.05. The van der Waals surface area contributed by atoms with Crippen LogP contribution >= 0.6 is 11.6 Å².